The lowest BCUT2D eigenvalue weighted by Gasteiger charge is -2.38. The SMILES string of the molecule is CNc1ccc([N+](=O)[O-])c(N2CCCC(C)C2C)n1. The minimum atomic E-state index is -0.353. The lowest BCUT2D eigenvalue weighted by molar-refractivity contribution is -0.384. The van der Waals surface area contributed by atoms with Gasteiger partial charge in [0.25, 0.3) is 0 Å². The first-order chi connectivity index (χ1) is 9.04. The molecule has 0 aromatic carbocycles. The van der Waals surface area contributed by atoms with Crippen LogP contribution in [-0.4, -0.2) is 29.5 Å². The van der Waals surface area contributed by atoms with E-state index in [0.717, 1.165) is 19.4 Å². The maximum atomic E-state index is 11.2. The third kappa shape index (κ3) is 2.62. The predicted molar refractivity (Wildman–Crippen MR) is 75.6 cm³/mol. The highest BCUT2D eigenvalue weighted by Gasteiger charge is 2.30. The second kappa shape index (κ2) is 5.42. The van der Waals surface area contributed by atoms with Crippen LogP contribution in [0.15, 0.2) is 12.1 Å². The van der Waals surface area contributed by atoms with Gasteiger partial charge in [0.1, 0.15) is 5.82 Å². The maximum Gasteiger partial charge on any atom is 0.311 e. The molecule has 19 heavy (non-hydrogen) atoms. The van der Waals surface area contributed by atoms with Crippen LogP contribution in [0.3, 0.4) is 0 Å². The van der Waals surface area contributed by atoms with E-state index in [2.05, 4.69) is 29.0 Å². The number of hydrogen-bond acceptors (Lipinski definition) is 5. The average Bonchev–Trinajstić information content (AvgIpc) is 2.41. The van der Waals surface area contributed by atoms with Crippen molar-refractivity contribution in [2.45, 2.75) is 32.7 Å². The highest BCUT2D eigenvalue weighted by molar-refractivity contribution is 5.62. The quantitative estimate of drug-likeness (QED) is 0.671. The third-order valence-corrected chi connectivity index (χ3v) is 3.95. The van der Waals surface area contributed by atoms with E-state index in [1.807, 2.05) is 0 Å². The summed E-state index contributed by atoms with van der Waals surface area (Å²) < 4.78 is 0. The van der Waals surface area contributed by atoms with Crippen molar-refractivity contribution in [3.05, 3.63) is 22.2 Å². The Morgan fingerprint density at radius 1 is 1.47 bits per heavy atom. The summed E-state index contributed by atoms with van der Waals surface area (Å²) in [7, 11) is 1.76. The van der Waals surface area contributed by atoms with E-state index in [9.17, 15) is 10.1 Å². The van der Waals surface area contributed by atoms with Crippen molar-refractivity contribution in [2.75, 3.05) is 23.8 Å². The molecule has 2 atom stereocenters. The minimum absolute atomic E-state index is 0.0833. The maximum absolute atomic E-state index is 11.2. The Labute approximate surface area is 113 Å². The number of nitro groups is 1. The molecule has 1 aromatic rings. The van der Waals surface area contributed by atoms with Gasteiger partial charge >= 0.3 is 5.69 Å². The Kier molecular flexibility index (Phi) is 3.87. The van der Waals surface area contributed by atoms with Gasteiger partial charge in [-0.15, -0.1) is 0 Å². The lowest BCUT2D eigenvalue weighted by atomic mass is 9.92. The van der Waals surface area contributed by atoms with Gasteiger partial charge in [0.15, 0.2) is 0 Å². The highest BCUT2D eigenvalue weighted by atomic mass is 16.6. The molecule has 0 aliphatic carbocycles. The summed E-state index contributed by atoms with van der Waals surface area (Å²) in [6, 6.07) is 3.44. The molecule has 104 valence electrons. The smallest absolute Gasteiger partial charge is 0.311 e. The Morgan fingerprint density at radius 3 is 2.84 bits per heavy atom. The van der Waals surface area contributed by atoms with Gasteiger partial charge in [-0.2, -0.15) is 0 Å². The van der Waals surface area contributed by atoms with Crippen LogP contribution < -0.4 is 10.2 Å². The second-order valence-electron chi connectivity index (χ2n) is 5.10. The molecule has 0 saturated carbocycles. The summed E-state index contributed by atoms with van der Waals surface area (Å²) in [5.41, 5.74) is 0.0833. The van der Waals surface area contributed by atoms with E-state index in [0.29, 0.717) is 17.6 Å². The number of rotatable bonds is 3. The number of piperidine rings is 1. The number of hydrogen-bond donors (Lipinski definition) is 1. The van der Waals surface area contributed by atoms with Crippen molar-refractivity contribution in [2.24, 2.45) is 5.92 Å². The molecule has 6 heteroatoms. The third-order valence-electron chi connectivity index (χ3n) is 3.95. The van der Waals surface area contributed by atoms with Gasteiger partial charge < -0.3 is 10.2 Å². The summed E-state index contributed by atoms with van der Waals surface area (Å²) in [4.78, 5) is 17.3. The largest absolute Gasteiger partial charge is 0.373 e. The average molecular weight is 264 g/mol. The van der Waals surface area contributed by atoms with E-state index < -0.39 is 0 Å². The molecule has 1 aliphatic heterocycles. The molecule has 6 nitrogen and oxygen atoms in total. The topological polar surface area (TPSA) is 71.3 Å². The number of aromatic nitrogens is 1. The van der Waals surface area contributed by atoms with Gasteiger partial charge in [-0.25, -0.2) is 4.98 Å². The first kappa shape index (κ1) is 13.6. The Hall–Kier alpha value is -1.85. The molecular formula is C13H20N4O2. The van der Waals surface area contributed by atoms with Gasteiger partial charge in [0.05, 0.1) is 4.92 Å². The van der Waals surface area contributed by atoms with Crippen LogP contribution in [0.2, 0.25) is 0 Å². The molecule has 1 fully saturated rings. The normalized spacial score (nSPS) is 23.2. The van der Waals surface area contributed by atoms with Gasteiger partial charge in [0, 0.05) is 25.7 Å². The molecule has 0 radical (unpaired) electrons. The summed E-state index contributed by atoms with van der Waals surface area (Å²) in [6.45, 7) is 5.12. The Balaban J connectivity index is 2.43. The van der Waals surface area contributed by atoms with Gasteiger partial charge in [-0.1, -0.05) is 6.92 Å². The van der Waals surface area contributed by atoms with E-state index in [4.69, 9.17) is 0 Å². The molecular weight excluding hydrogens is 244 g/mol. The van der Waals surface area contributed by atoms with E-state index in [-0.39, 0.29) is 16.7 Å². The summed E-state index contributed by atoms with van der Waals surface area (Å²) in [6.07, 6.45) is 2.21. The van der Waals surface area contributed by atoms with Crippen molar-refractivity contribution in [1.82, 2.24) is 4.98 Å². The number of pyridine rings is 1. The zero-order valence-corrected chi connectivity index (χ0v) is 11.6. The van der Waals surface area contributed by atoms with Crippen molar-refractivity contribution in [1.29, 1.82) is 0 Å². The fourth-order valence-corrected chi connectivity index (χ4v) is 2.57. The molecule has 2 rings (SSSR count). The Morgan fingerprint density at radius 2 is 2.21 bits per heavy atom. The molecule has 1 saturated heterocycles. The summed E-state index contributed by atoms with van der Waals surface area (Å²) in [5.74, 6) is 1.66. The predicted octanol–water partition coefficient (Wildman–Crippen LogP) is 2.66. The van der Waals surface area contributed by atoms with E-state index in [1.165, 1.54) is 6.07 Å². The van der Waals surface area contributed by atoms with E-state index in [1.54, 1.807) is 13.1 Å². The zero-order chi connectivity index (χ0) is 14.0. The van der Waals surface area contributed by atoms with Crippen molar-refractivity contribution < 1.29 is 4.92 Å². The molecule has 2 unspecified atom stereocenters. The molecule has 0 bridgehead atoms. The van der Waals surface area contributed by atoms with Crippen LogP contribution in [0.1, 0.15) is 26.7 Å². The fraction of sp³-hybridized carbons (Fsp3) is 0.615. The van der Waals surface area contributed by atoms with Crippen LogP contribution in [0.5, 0.6) is 0 Å². The summed E-state index contributed by atoms with van der Waals surface area (Å²) >= 11 is 0. The van der Waals surface area contributed by atoms with E-state index >= 15 is 0 Å². The number of nitrogens with zero attached hydrogens (tertiary/aromatic N) is 3. The Bertz CT molecular complexity index is 478. The number of nitrogens with one attached hydrogen (secondary N) is 1. The first-order valence-corrected chi connectivity index (χ1v) is 6.64. The van der Waals surface area contributed by atoms with Crippen LogP contribution in [0.25, 0.3) is 0 Å². The van der Waals surface area contributed by atoms with Gasteiger partial charge in [-0.05, 0) is 31.7 Å². The van der Waals surface area contributed by atoms with Crippen LogP contribution in [-0.2, 0) is 0 Å². The fourth-order valence-electron chi connectivity index (χ4n) is 2.57. The van der Waals surface area contributed by atoms with Crippen LogP contribution in [0.4, 0.5) is 17.3 Å². The monoisotopic (exact) mass is 264 g/mol. The number of anilines is 2. The molecule has 1 aromatic heterocycles. The molecule has 1 aliphatic rings. The van der Waals surface area contributed by atoms with Gasteiger partial charge in [0.2, 0.25) is 5.82 Å². The van der Waals surface area contributed by atoms with Crippen molar-refractivity contribution >= 4 is 17.3 Å². The van der Waals surface area contributed by atoms with Crippen molar-refractivity contribution in [3.8, 4) is 0 Å². The standard InChI is InChI=1S/C13H20N4O2/c1-9-5-4-8-16(10(9)2)13-11(17(18)19)6-7-12(14-3)15-13/h6-7,9-10H,4-5,8H2,1-3H3,(H,14,15). The zero-order valence-electron chi connectivity index (χ0n) is 11.6. The first-order valence-electron chi connectivity index (χ1n) is 6.64. The highest BCUT2D eigenvalue weighted by Crippen LogP contribution is 2.34. The molecule has 0 amide bonds. The molecule has 0 spiro atoms. The molecule has 1 N–H and O–H groups in total. The van der Waals surface area contributed by atoms with Gasteiger partial charge in [-0.3, -0.25) is 10.1 Å². The van der Waals surface area contributed by atoms with Crippen LogP contribution in [0, 0.1) is 16.0 Å². The minimum Gasteiger partial charge on any atom is -0.373 e. The van der Waals surface area contributed by atoms with Crippen LogP contribution >= 0.6 is 0 Å². The molecule has 2 heterocycles. The summed E-state index contributed by atoms with van der Waals surface area (Å²) in [5, 5.41) is 14.1. The lowest BCUT2D eigenvalue weighted by Crippen LogP contribution is -2.43. The second-order valence-corrected chi connectivity index (χ2v) is 5.10. The van der Waals surface area contributed by atoms with Crippen molar-refractivity contribution in [3.63, 3.8) is 0 Å².